The van der Waals surface area contributed by atoms with Crippen molar-refractivity contribution in [2.24, 2.45) is 0 Å². The fourth-order valence-corrected chi connectivity index (χ4v) is 8.24. The lowest BCUT2D eigenvalue weighted by molar-refractivity contribution is -0.153. The lowest BCUT2D eigenvalue weighted by atomic mass is 10.0. The molecule has 0 saturated carbocycles. The third-order valence-electron chi connectivity index (χ3n) is 9.27. The first-order valence-electron chi connectivity index (χ1n) is 16.4. The van der Waals surface area contributed by atoms with Gasteiger partial charge in [0.05, 0.1) is 27.6 Å². The minimum atomic E-state index is -4.66. The summed E-state index contributed by atoms with van der Waals surface area (Å²) in [7, 11) is -4.66. The zero-order valence-corrected chi connectivity index (χ0v) is 28.2. The molecule has 0 spiro atoms. The quantitative estimate of drug-likeness (QED) is 0.242. The molecular formula is C35H37F3N6O5S. The minimum Gasteiger partial charge on any atom is -0.484 e. The first-order chi connectivity index (χ1) is 23.9. The summed E-state index contributed by atoms with van der Waals surface area (Å²) in [4.78, 5) is 35.2. The number of imidazole rings is 1. The Kier molecular flexibility index (Phi) is 10.1. The number of ether oxygens (including phenoxy) is 1. The predicted octanol–water partition coefficient (Wildman–Crippen LogP) is 4.07. The van der Waals surface area contributed by atoms with E-state index >= 15 is 0 Å². The van der Waals surface area contributed by atoms with Gasteiger partial charge in [0.1, 0.15) is 11.8 Å². The molecule has 2 aliphatic rings. The van der Waals surface area contributed by atoms with Gasteiger partial charge in [0, 0.05) is 45.3 Å². The topological polar surface area (TPSA) is 121 Å². The Balaban J connectivity index is 1.39. The number of rotatable bonds is 10. The van der Waals surface area contributed by atoms with Gasteiger partial charge in [-0.25, -0.2) is 13.2 Å². The number of alkyl halides is 3. The molecule has 3 heterocycles. The monoisotopic (exact) mass is 710 g/mol. The van der Waals surface area contributed by atoms with E-state index < -0.39 is 34.5 Å². The van der Waals surface area contributed by atoms with Crippen molar-refractivity contribution in [2.75, 3.05) is 52.4 Å². The van der Waals surface area contributed by atoms with Gasteiger partial charge in [-0.15, -0.1) is 0 Å². The van der Waals surface area contributed by atoms with Gasteiger partial charge in [0.15, 0.2) is 6.61 Å². The Morgan fingerprint density at radius 3 is 2.32 bits per heavy atom. The van der Waals surface area contributed by atoms with E-state index in [1.54, 1.807) is 35.2 Å². The van der Waals surface area contributed by atoms with Crippen LogP contribution in [0.5, 0.6) is 5.75 Å². The fraction of sp³-hybridized carbons (Fsp3) is 0.400. The Morgan fingerprint density at radius 2 is 1.68 bits per heavy atom. The lowest BCUT2D eigenvalue weighted by Crippen LogP contribution is -2.51. The van der Waals surface area contributed by atoms with Gasteiger partial charge < -0.3 is 14.5 Å². The van der Waals surface area contributed by atoms with E-state index in [2.05, 4.69) is 16.7 Å². The standard InChI is InChI=1S/C35H37F3N6O5S/c1-2-15-40-17-19-41(20-18-40)27-14-16-42(23-27)33(45)32(26-6-4-3-5-7-26)43-31-21-25(22-39)8-13-30(31)44(34(43)46)50(47,48)29-11-9-28(10-12-29)49-24-35(36,37)38/h3-13,21,27,32H,2,14-20,23-24H2,1H3. The van der Waals surface area contributed by atoms with Crippen LogP contribution in [0.15, 0.2) is 82.5 Å². The van der Waals surface area contributed by atoms with Crippen molar-refractivity contribution >= 4 is 27.0 Å². The van der Waals surface area contributed by atoms with Gasteiger partial charge in [0.2, 0.25) is 0 Å². The minimum absolute atomic E-state index is 0.0627. The van der Waals surface area contributed by atoms with Crippen molar-refractivity contribution in [2.45, 2.75) is 42.9 Å². The molecule has 3 aromatic carbocycles. The van der Waals surface area contributed by atoms with Crippen molar-refractivity contribution in [3.63, 3.8) is 0 Å². The molecule has 264 valence electrons. The van der Waals surface area contributed by atoms with E-state index in [0.29, 0.717) is 22.6 Å². The third kappa shape index (κ3) is 7.14. The average molecular weight is 711 g/mol. The highest BCUT2D eigenvalue weighted by atomic mass is 32.2. The maximum atomic E-state index is 14.6. The number of hydrogen-bond acceptors (Lipinski definition) is 8. The highest BCUT2D eigenvalue weighted by Gasteiger charge is 2.38. The molecule has 0 radical (unpaired) electrons. The second-order valence-electron chi connectivity index (χ2n) is 12.5. The number of carbonyl (C=O) groups excluding carboxylic acids is 1. The van der Waals surface area contributed by atoms with Gasteiger partial charge >= 0.3 is 11.9 Å². The highest BCUT2D eigenvalue weighted by Crippen LogP contribution is 2.30. The summed E-state index contributed by atoms with van der Waals surface area (Å²) in [6, 6.07) is 17.8. The molecule has 2 fully saturated rings. The average Bonchev–Trinajstić information content (AvgIpc) is 3.71. The van der Waals surface area contributed by atoms with Crippen LogP contribution in [0.2, 0.25) is 0 Å². The molecule has 2 aliphatic heterocycles. The molecule has 2 atom stereocenters. The molecule has 15 heteroatoms. The van der Waals surface area contributed by atoms with Crippen molar-refractivity contribution < 1.29 is 31.1 Å². The van der Waals surface area contributed by atoms with Crippen LogP contribution < -0.4 is 10.4 Å². The Bertz CT molecular complexity index is 2050. The number of benzene rings is 3. The molecule has 1 aromatic heterocycles. The summed E-state index contributed by atoms with van der Waals surface area (Å²) < 4.78 is 72.6. The summed E-state index contributed by atoms with van der Waals surface area (Å²) in [5.74, 6) is -0.591. The van der Waals surface area contributed by atoms with Crippen LogP contribution in [-0.4, -0.2) is 102 Å². The maximum Gasteiger partial charge on any atom is 0.422 e. The Morgan fingerprint density at radius 1 is 0.980 bits per heavy atom. The van der Waals surface area contributed by atoms with Crippen LogP contribution in [0.4, 0.5) is 13.2 Å². The van der Waals surface area contributed by atoms with E-state index in [9.17, 15) is 36.4 Å². The number of halogens is 3. The maximum absolute atomic E-state index is 14.6. The number of nitrogens with zero attached hydrogens (tertiary/aromatic N) is 6. The summed E-state index contributed by atoms with van der Waals surface area (Å²) in [5, 5.41) is 9.73. The van der Waals surface area contributed by atoms with E-state index in [1.807, 2.05) is 6.07 Å². The molecule has 50 heavy (non-hydrogen) atoms. The normalized spacial score (nSPS) is 18.3. The Hall–Kier alpha value is -4.65. The van der Waals surface area contributed by atoms with Gasteiger partial charge in [0.25, 0.3) is 15.9 Å². The number of nitriles is 1. The predicted molar refractivity (Wildman–Crippen MR) is 179 cm³/mol. The van der Waals surface area contributed by atoms with Gasteiger partial charge in [-0.1, -0.05) is 37.3 Å². The third-order valence-corrected chi connectivity index (χ3v) is 11.0. The molecular weight excluding hydrogens is 673 g/mol. The largest absolute Gasteiger partial charge is 0.484 e. The molecule has 4 aromatic rings. The van der Waals surface area contributed by atoms with Crippen LogP contribution >= 0.6 is 0 Å². The van der Waals surface area contributed by atoms with Gasteiger partial charge in [-0.2, -0.15) is 22.4 Å². The first-order valence-corrected chi connectivity index (χ1v) is 17.9. The van der Waals surface area contributed by atoms with Crippen molar-refractivity contribution in [3.05, 3.63) is 94.4 Å². The molecule has 11 nitrogen and oxygen atoms in total. The van der Waals surface area contributed by atoms with Gasteiger partial charge in [-0.3, -0.25) is 14.3 Å². The number of amides is 1. The summed E-state index contributed by atoms with van der Waals surface area (Å²) in [5.41, 5.74) is -0.425. The first kappa shape index (κ1) is 35.2. The van der Waals surface area contributed by atoms with Gasteiger partial charge in [-0.05, 0) is 67.4 Å². The number of fused-ring (bicyclic) bond motifs is 1. The zero-order valence-electron chi connectivity index (χ0n) is 27.4. The SMILES string of the molecule is CCCN1CCN(C2CCN(C(=O)C(c3ccccc3)n3c(=O)n(S(=O)(=O)c4ccc(OCC(F)(F)F)cc4)c4ccc(C#N)cc43)C2)CC1. The van der Waals surface area contributed by atoms with E-state index in [-0.39, 0.29) is 39.2 Å². The number of aromatic nitrogens is 2. The molecule has 0 aliphatic carbocycles. The fourth-order valence-electron chi connectivity index (χ4n) is 6.84. The Labute approximate surface area is 287 Å². The van der Waals surface area contributed by atoms with Crippen LogP contribution in [0.25, 0.3) is 11.0 Å². The molecule has 0 N–H and O–H groups in total. The van der Waals surface area contributed by atoms with Crippen molar-refractivity contribution in [3.8, 4) is 11.8 Å². The van der Waals surface area contributed by atoms with E-state index in [4.69, 9.17) is 4.74 Å². The van der Waals surface area contributed by atoms with Crippen LogP contribution in [-0.2, 0) is 14.8 Å². The molecule has 2 saturated heterocycles. The summed E-state index contributed by atoms with van der Waals surface area (Å²) in [6.45, 7) is 6.27. The van der Waals surface area contributed by atoms with E-state index in [0.717, 1.165) is 74.4 Å². The van der Waals surface area contributed by atoms with Crippen LogP contribution in [0, 0.1) is 11.3 Å². The highest BCUT2D eigenvalue weighted by molar-refractivity contribution is 7.90. The van der Waals surface area contributed by atoms with Crippen molar-refractivity contribution in [1.82, 2.24) is 23.2 Å². The number of hydrogen-bond donors (Lipinski definition) is 0. The number of likely N-dealkylation sites (tertiary alicyclic amines) is 1. The van der Waals surface area contributed by atoms with E-state index in [1.165, 1.54) is 18.2 Å². The summed E-state index contributed by atoms with van der Waals surface area (Å²) in [6.07, 6.45) is -2.74. The van der Waals surface area contributed by atoms with Crippen LogP contribution in [0.3, 0.4) is 0 Å². The number of carbonyl (C=O) groups is 1. The smallest absolute Gasteiger partial charge is 0.422 e. The second kappa shape index (κ2) is 14.3. The molecule has 0 bridgehead atoms. The lowest BCUT2D eigenvalue weighted by Gasteiger charge is -2.38. The zero-order chi connectivity index (χ0) is 35.6. The number of piperazine rings is 1. The summed E-state index contributed by atoms with van der Waals surface area (Å²) >= 11 is 0. The van der Waals surface area contributed by atoms with Crippen LogP contribution in [0.1, 0.15) is 36.9 Å². The molecule has 6 rings (SSSR count). The molecule has 2 unspecified atom stereocenters. The molecule has 1 amide bonds. The second-order valence-corrected chi connectivity index (χ2v) is 14.3. The van der Waals surface area contributed by atoms with Crippen molar-refractivity contribution in [1.29, 1.82) is 5.26 Å².